The van der Waals surface area contributed by atoms with Crippen molar-refractivity contribution >= 4 is 17.2 Å². The van der Waals surface area contributed by atoms with Gasteiger partial charge in [0.25, 0.3) is 0 Å². The summed E-state index contributed by atoms with van der Waals surface area (Å²) in [6, 6.07) is 6.79. The third-order valence-corrected chi connectivity index (χ3v) is 4.36. The molecule has 1 fully saturated rings. The zero-order valence-corrected chi connectivity index (χ0v) is 12.9. The van der Waals surface area contributed by atoms with Crippen LogP contribution in [-0.2, 0) is 0 Å². The second-order valence-corrected chi connectivity index (χ2v) is 6.00. The maximum Gasteiger partial charge on any atom is 0.128 e. The van der Waals surface area contributed by atoms with Crippen LogP contribution >= 0.6 is 12.2 Å². The van der Waals surface area contributed by atoms with Gasteiger partial charge in [-0.25, -0.2) is 4.39 Å². The van der Waals surface area contributed by atoms with Crippen molar-refractivity contribution in [1.82, 2.24) is 9.80 Å². The molecule has 1 unspecified atom stereocenters. The van der Waals surface area contributed by atoms with Crippen LogP contribution in [0.1, 0.15) is 24.4 Å². The second kappa shape index (κ2) is 6.61. The van der Waals surface area contributed by atoms with Crippen LogP contribution in [0.4, 0.5) is 4.39 Å². The number of benzene rings is 1. The van der Waals surface area contributed by atoms with Gasteiger partial charge in [0.2, 0.25) is 0 Å². The molecule has 0 bridgehead atoms. The Balaban J connectivity index is 2.21. The van der Waals surface area contributed by atoms with E-state index in [0.29, 0.717) is 16.6 Å². The number of nitrogens with zero attached hydrogens (tertiary/aromatic N) is 2. The van der Waals surface area contributed by atoms with Crippen LogP contribution in [0, 0.1) is 5.82 Å². The Bertz CT molecular complexity index is 472. The summed E-state index contributed by atoms with van der Waals surface area (Å²) >= 11 is 5.19. The summed E-state index contributed by atoms with van der Waals surface area (Å²) in [6.07, 6.45) is 2.11. The topological polar surface area (TPSA) is 32.5 Å². The maximum atomic E-state index is 14.0. The van der Waals surface area contributed by atoms with Gasteiger partial charge in [-0.2, -0.15) is 0 Å². The maximum absolute atomic E-state index is 14.0. The van der Waals surface area contributed by atoms with E-state index in [-0.39, 0.29) is 11.9 Å². The standard InChI is InChI=1S/C15H22FN3S/c1-18-9-7-11(8-10-18)19(2)14(15(17)20)12-5-3-4-6-13(12)16/h3-6,11,14H,7-10H2,1-2H3,(H2,17,20). The lowest BCUT2D eigenvalue weighted by Gasteiger charge is -2.39. The molecule has 1 heterocycles. The molecule has 20 heavy (non-hydrogen) atoms. The molecular formula is C15H22FN3S. The molecule has 0 radical (unpaired) electrons. The molecule has 5 heteroatoms. The highest BCUT2D eigenvalue weighted by atomic mass is 32.1. The fraction of sp³-hybridized carbons (Fsp3) is 0.533. The van der Waals surface area contributed by atoms with Crippen molar-refractivity contribution in [3.8, 4) is 0 Å². The molecule has 0 aromatic heterocycles. The highest BCUT2D eigenvalue weighted by molar-refractivity contribution is 7.80. The molecule has 0 aliphatic carbocycles. The van der Waals surface area contributed by atoms with Gasteiger partial charge in [-0.3, -0.25) is 4.90 Å². The predicted octanol–water partition coefficient (Wildman–Crippen LogP) is 2.18. The van der Waals surface area contributed by atoms with Crippen LogP contribution in [-0.4, -0.2) is 48.0 Å². The third kappa shape index (κ3) is 3.34. The minimum absolute atomic E-state index is 0.245. The van der Waals surface area contributed by atoms with Crippen LogP contribution < -0.4 is 5.73 Å². The highest BCUT2D eigenvalue weighted by Gasteiger charge is 2.29. The van der Waals surface area contributed by atoms with Gasteiger partial charge in [-0.15, -0.1) is 0 Å². The van der Waals surface area contributed by atoms with Gasteiger partial charge in [0.15, 0.2) is 0 Å². The summed E-state index contributed by atoms with van der Waals surface area (Å²) < 4.78 is 14.0. The molecule has 110 valence electrons. The molecule has 0 amide bonds. The van der Waals surface area contributed by atoms with Crippen molar-refractivity contribution in [2.24, 2.45) is 5.73 Å². The summed E-state index contributed by atoms with van der Waals surface area (Å²) in [5, 5.41) is 0. The first-order valence-corrected chi connectivity index (χ1v) is 7.35. The zero-order chi connectivity index (χ0) is 14.7. The Morgan fingerprint density at radius 2 is 2.00 bits per heavy atom. The molecule has 0 spiro atoms. The van der Waals surface area contributed by atoms with Crippen LogP contribution in [0.15, 0.2) is 24.3 Å². The van der Waals surface area contributed by atoms with Crippen LogP contribution in [0.2, 0.25) is 0 Å². The molecule has 1 aliphatic rings. The van der Waals surface area contributed by atoms with Crippen LogP contribution in [0.3, 0.4) is 0 Å². The zero-order valence-electron chi connectivity index (χ0n) is 12.1. The number of piperidine rings is 1. The molecule has 1 saturated heterocycles. The largest absolute Gasteiger partial charge is 0.392 e. The van der Waals surface area contributed by atoms with E-state index in [1.807, 2.05) is 13.1 Å². The molecule has 1 aromatic rings. The average Bonchev–Trinajstić information content (AvgIpc) is 2.41. The van der Waals surface area contributed by atoms with E-state index in [4.69, 9.17) is 18.0 Å². The Kier molecular flexibility index (Phi) is 5.07. The van der Waals surface area contributed by atoms with Gasteiger partial charge < -0.3 is 10.6 Å². The molecule has 1 aliphatic heterocycles. The van der Waals surface area contributed by atoms with Gasteiger partial charge in [0.1, 0.15) is 5.82 Å². The van der Waals surface area contributed by atoms with Gasteiger partial charge >= 0.3 is 0 Å². The minimum Gasteiger partial charge on any atom is -0.392 e. The molecule has 3 nitrogen and oxygen atoms in total. The van der Waals surface area contributed by atoms with Crippen LogP contribution in [0.25, 0.3) is 0 Å². The normalized spacial score (nSPS) is 19.2. The van der Waals surface area contributed by atoms with Crippen molar-refractivity contribution in [2.45, 2.75) is 24.9 Å². The molecule has 2 rings (SSSR count). The van der Waals surface area contributed by atoms with Gasteiger partial charge in [-0.05, 0) is 46.1 Å². The Labute approximate surface area is 125 Å². The van der Waals surface area contributed by atoms with E-state index in [1.54, 1.807) is 12.1 Å². The minimum atomic E-state index is -0.334. The van der Waals surface area contributed by atoms with E-state index in [9.17, 15) is 4.39 Å². The van der Waals surface area contributed by atoms with E-state index in [0.717, 1.165) is 25.9 Å². The van der Waals surface area contributed by atoms with Crippen molar-refractivity contribution in [3.05, 3.63) is 35.6 Å². The fourth-order valence-corrected chi connectivity index (χ4v) is 3.18. The van der Waals surface area contributed by atoms with Crippen molar-refractivity contribution in [2.75, 3.05) is 27.2 Å². The number of likely N-dealkylation sites (tertiary alicyclic amines) is 1. The molecule has 0 saturated carbocycles. The quantitative estimate of drug-likeness (QED) is 0.863. The van der Waals surface area contributed by atoms with Gasteiger partial charge in [0, 0.05) is 11.6 Å². The Morgan fingerprint density at radius 1 is 1.40 bits per heavy atom. The SMILES string of the molecule is CN1CCC(N(C)C(C(N)=S)c2ccccc2F)CC1. The third-order valence-electron chi connectivity index (χ3n) is 4.14. The lowest BCUT2D eigenvalue weighted by molar-refractivity contribution is 0.128. The summed E-state index contributed by atoms with van der Waals surface area (Å²) in [7, 11) is 4.12. The molecule has 2 N–H and O–H groups in total. The predicted molar refractivity (Wildman–Crippen MR) is 84.2 cm³/mol. The average molecular weight is 295 g/mol. The smallest absolute Gasteiger partial charge is 0.128 e. The number of rotatable bonds is 4. The number of nitrogens with two attached hydrogens (primary N) is 1. The lowest BCUT2D eigenvalue weighted by atomic mass is 9.98. The summed E-state index contributed by atoms with van der Waals surface area (Å²) in [4.78, 5) is 4.77. The number of halogens is 1. The van der Waals surface area contributed by atoms with E-state index >= 15 is 0 Å². The van der Waals surface area contributed by atoms with Crippen LogP contribution in [0.5, 0.6) is 0 Å². The first-order chi connectivity index (χ1) is 9.50. The number of thiocarbonyl (C=S) groups is 1. The van der Waals surface area contributed by atoms with Crippen molar-refractivity contribution in [1.29, 1.82) is 0 Å². The number of hydrogen-bond acceptors (Lipinski definition) is 3. The molecular weight excluding hydrogens is 273 g/mol. The Morgan fingerprint density at radius 3 is 2.55 bits per heavy atom. The van der Waals surface area contributed by atoms with Crippen molar-refractivity contribution in [3.63, 3.8) is 0 Å². The van der Waals surface area contributed by atoms with Gasteiger partial charge in [0.05, 0.1) is 11.0 Å². The monoisotopic (exact) mass is 295 g/mol. The lowest BCUT2D eigenvalue weighted by Crippen LogP contribution is -2.46. The summed E-state index contributed by atoms with van der Waals surface area (Å²) in [5.41, 5.74) is 6.46. The Hall–Kier alpha value is -1.04. The highest BCUT2D eigenvalue weighted by Crippen LogP contribution is 2.27. The first kappa shape index (κ1) is 15.4. The van der Waals surface area contributed by atoms with E-state index < -0.39 is 0 Å². The summed E-state index contributed by atoms with van der Waals surface area (Å²) in [5.74, 6) is -0.245. The van der Waals surface area contributed by atoms with E-state index in [1.165, 1.54) is 6.07 Å². The molecule has 1 atom stereocenters. The van der Waals surface area contributed by atoms with Crippen molar-refractivity contribution < 1.29 is 4.39 Å². The fourth-order valence-electron chi connectivity index (χ4n) is 2.88. The first-order valence-electron chi connectivity index (χ1n) is 6.95. The molecule has 1 aromatic carbocycles. The summed E-state index contributed by atoms with van der Waals surface area (Å²) in [6.45, 7) is 2.10. The number of hydrogen-bond donors (Lipinski definition) is 1. The number of likely N-dealkylation sites (N-methyl/N-ethyl adjacent to an activating group) is 1. The second-order valence-electron chi connectivity index (χ2n) is 5.53. The van der Waals surface area contributed by atoms with Gasteiger partial charge in [-0.1, -0.05) is 30.4 Å². The van der Waals surface area contributed by atoms with E-state index in [2.05, 4.69) is 16.8 Å².